The number of nitrogens with one attached hydrogen (secondary N) is 2. The molecule has 100 valence electrons. The highest BCUT2D eigenvalue weighted by atomic mass is 16.1. The molecule has 0 saturated carbocycles. The third kappa shape index (κ3) is 7.34. The standard InChI is InChI=1S/C13H27N3O/c1-16(2)11-5-10-15-13(17)8-7-12-6-3-4-9-14-12/h12,14H,3-11H2,1-2H3,(H,15,17). The second-order valence-electron chi connectivity index (χ2n) is 5.19. The highest BCUT2D eigenvalue weighted by Gasteiger charge is 2.13. The van der Waals surface area contributed by atoms with Crippen LogP contribution in [0.5, 0.6) is 0 Å². The predicted octanol–water partition coefficient (Wildman–Crippen LogP) is 0.977. The molecule has 2 N–H and O–H groups in total. The Morgan fingerprint density at radius 3 is 2.88 bits per heavy atom. The molecule has 0 aromatic heterocycles. The van der Waals surface area contributed by atoms with Crippen LogP contribution in [-0.2, 0) is 4.79 Å². The van der Waals surface area contributed by atoms with Gasteiger partial charge in [0, 0.05) is 19.0 Å². The van der Waals surface area contributed by atoms with E-state index in [1.807, 2.05) is 0 Å². The first-order valence-corrected chi connectivity index (χ1v) is 6.83. The number of carbonyl (C=O) groups is 1. The van der Waals surface area contributed by atoms with Gasteiger partial charge in [-0.3, -0.25) is 4.79 Å². The van der Waals surface area contributed by atoms with Gasteiger partial charge in [-0.05, 0) is 52.9 Å². The molecule has 0 aliphatic carbocycles. The van der Waals surface area contributed by atoms with Crippen molar-refractivity contribution in [3.8, 4) is 0 Å². The van der Waals surface area contributed by atoms with E-state index in [-0.39, 0.29) is 5.91 Å². The molecule has 1 rings (SSSR count). The molecule has 0 aromatic rings. The monoisotopic (exact) mass is 241 g/mol. The molecule has 1 atom stereocenters. The molecule has 0 bridgehead atoms. The van der Waals surface area contributed by atoms with Crippen LogP contribution >= 0.6 is 0 Å². The predicted molar refractivity (Wildman–Crippen MR) is 71.1 cm³/mol. The van der Waals surface area contributed by atoms with Crippen molar-refractivity contribution in [3.05, 3.63) is 0 Å². The lowest BCUT2D eigenvalue weighted by molar-refractivity contribution is -0.121. The average molecular weight is 241 g/mol. The van der Waals surface area contributed by atoms with E-state index in [4.69, 9.17) is 0 Å². The van der Waals surface area contributed by atoms with Crippen LogP contribution in [0.15, 0.2) is 0 Å². The fourth-order valence-corrected chi connectivity index (χ4v) is 2.19. The number of nitrogens with zero attached hydrogens (tertiary/aromatic N) is 1. The van der Waals surface area contributed by atoms with E-state index in [0.29, 0.717) is 12.5 Å². The molecule has 0 radical (unpaired) electrons. The Balaban J connectivity index is 1.96. The fourth-order valence-electron chi connectivity index (χ4n) is 2.19. The SMILES string of the molecule is CN(C)CCCNC(=O)CCC1CCCCN1. The highest BCUT2D eigenvalue weighted by molar-refractivity contribution is 5.75. The minimum absolute atomic E-state index is 0.205. The van der Waals surface area contributed by atoms with Gasteiger partial charge in [-0.1, -0.05) is 6.42 Å². The zero-order valence-electron chi connectivity index (χ0n) is 11.3. The lowest BCUT2D eigenvalue weighted by Crippen LogP contribution is -2.35. The van der Waals surface area contributed by atoms with Gasteiger partial charge < -0.3 is 15.5 Å². The number of hydrogen-bond acceptors (Lipinski definition) is 3. The van der Waals surface area contributed by atoms with Crippen molar-refractivity contribution >= 4 is 5.91 Å². The van der Waals surface area contributed by atoms with Crippen LogP contribution in [0.2, 0.25) is 0 Å². The first-order valence-electron chi connectivity index (χ1n) is 6.83. The number of hydrogen-bond donors (Lipinski definition) is 2. The van der Waals surface area contributed by atoms with E-state index >= 15 is 0 Å². The Hall–Kier alpha value is -0.610. The summed E-state index contributed by atoms with van der Waals surface area (Å²) in [6.07, 6.45) is 6.50. The molecule has 1 aliphatic rings. The lowest BCUT2D eigenvalue weighted by atomic mass is 10.0. The maximum absolute atomic E-state index is 11.6. The molecule has 1 aliphatic heterocycles. The van der Waals surface area contributed by atoms with Crippen LogP contribution in [0.3, 0.4) is 0 Å². The summed E-state index contributed by atoms with van der Waals surface area (Å²) in [6, 6.07) is 0.566. The lowest BCUT2D eigenvalue weighted by Gasteiger charge is -2.23. The number of amides is 1. The van der Waals surface area contributed by atoms with Crippen LogP contribution in [0, 0.1) is 0 Å². The van der Waals surface area contributed by atoms with Crippen molar-refractivity contribution in [2.45, 2.75) is 44.6 Å². The molecule has 4 heteroatoms. The maximum Gasteiger partial charge on any atom is 0.220 e. The smallest absolute Gasteiger partial charge is 0.220 e. The van der Waals surface area contributed by atoms with Gasteiger partial charge in [-0.2, -0.15) is 0 Å². The minimum atomic E-state index is 0.205. The molecule has 1 amide bonds. The van der Waals surface area contributed by atoms with Crippen molar-refractivity contribution < 1.29 is 4.79 Å². The van der Waals surface area contributed by atoms with Crippen LogP contribution in [0.25, 0.3) is 0 Å². The molecule has 0 spiro atoms. The number of piperidine rings is 1. The number of rotatable bonds is 7. The first kappa shape index (κ1) is 14.5. The molecular weight excluding hydrogens is 214 g/mol. The quantitative estimate of drug-likeness (QED) is 0.653. The average Bonchev–Trinajstić information content (AvgIpc) is 2.33. The summed E-state index contributed by atoms with van der Waals surface area (Å²) >= 11 is 0. The highest BCUT2D eigenvalue weighted by Crippen LogP contribution is 2.11. The zero-order chi connectivity index (χ0) is 12.5. The van der Waals surface area contributed by atoms with Crippen molar-refractivity contribution in [1.82, 2.24) is 15.5 Å². The summed E-state index contributed by atoms with van der Waals surface area (Å²) < 4.78 is 0. The van der Waals surface area contributed by atoms with Gasteiger partial charge in [-0.25, -0.2) is 0 Å². The summed E-state index contributed by atoms with van der Waals surface area (Å²) in [4.78, 5) is 13.7. The zero-order valence-corrected chi connectivity index (χ0v) is 11.3. The van der Waals surface area contributed by atoms with Gasteiger partial charge in [0.05, 0.1) is 0 Å². The Bertz CT molecular complexity index is 213. The summed E-state index contributed by atoms with van der Waals surface area (Å²) in [5, 5.41) is 6.45. The van der Waals surface area contributed by atoms with E-state index < -0.39 is 0 Å². The molecule has 0 aromatic carbocycles. The molecule has 1 saturated heterocycles. The molecule has 1 heterocycles. The van der Waals surface area contributed by atoms with Crippen molar-refractivity contribution in [1.29, 1.82) is 0 Å². The minimum Gasteiger partial charge on any atom is -0.356 e. The number of carbonyl (C=O) groups excluding carboxylic acids is 1. The molecule has 1 fully saturated rings. The Labute approximate surface area is 105 Å². The molecular formula is C13H27N3O. The Kier molecular flexibility index (Phi) is 7.21. The topological polar surface area (TPSA) is 44.4 Å². The van der Waals surface area contributed by atoms with E-state index in [1.54, 1.807) is 0 Å². The van der Waals surface area contributed by atoms with Crippen LogP contribution in [0.4, 0.5) is 0 Å². The van der Waals surface area contributed by atoms with Crippen LogP contribution in [0.1, 0.15) is 38.5 Å². The first-order chi connectivity index (χ1) is 8.18. The van der Waals surface area contributed by atoms with E-state index in [9.17, 15) is 4.79 Å². The molecule has 4 nitrogen and oxygen atoms in total. The maximum atomic E-state index is 11.6. The summed E-state index contributed by atoms with van der Waals surface area (Å²) in [7, 11) is 4.10. The summed E-state index contributed by atoms with van der Waals surface area (Å²) in [5.41, 5.74) is 0. The van der Waals surface area contributed by atoms with Crippen LogP contribution < -0.4 is 10.6 Å². The Morgan fingerprint density at radius 1 is 1.41 bits per heavy atom. The van der Waals surface area contributed by atoms with Gasteiger partial charge in [0.15, 0.2) is 0 Å². The largest absolute Gasteiger partial charge is 0.356 e. The molecule has 17 heavy (non-hydrogen) atoms. The van der Waals surface area contributed by atoms with E-state index in [2.05, 4.69) is 29.6 Å². The normalized spacial score (nSPS) is 20.5. The second-order valence-corrected chi connectivity index (χ2v) is 5.19. The van der Waals surface area contributed by atoms with Gasteiger partial charge in [-0.15, -0.1) is 0 Å². The van der Waals surface area contributed by atoms with Crippen molar-refractivity contribution in [3.63, 3.8) is 0 Å². The van der Waals surface area contributed by atoms with Crippen molar-refractivity contribution in [2.24, 2.45) is 0 Å². The van der Waals surface area contributed by atoms with E-state index in [0.717, 1.165) is 32.5 Å². The van der Waals surface area contributed by atoms with Gasteiger partial charge in [0.1, 0.15) is 0 Å². The third-order valence-electron chi connectivity index (χ3n) is 3.24. The van der Waals surface area contributed by atoms with E-state index in [1.165, 1.54) is 19.3 Å². The second kappa shape index (κ2) is 8.48. The third-order valence-corrected chi connectivity index (χ3v) is 3.24. The van der Waals surface area contributed by atoms with Gasteiger partial charge in [0.25, 0.3) is 0 Å². The summed E-state index contributed by atoms with van der Waals surface area (Å²) in [6.45, 7) is 2.95. The van der Waals surface area contributed by atoms with Gasteiger partial charge >= 0.3 is 0 Å². The Morgan fingerprint density at radius 2 is 2.24 bits per heavy atom. The van der Waals surface area contributed by atoms with Crippen LogP contribution in [-0.4, -0.2) is 50.6 Å². The summed E-state index contributed by atoms with van der Waals surface area (Å²) in [5.74, 6) is 0.205. The molecule has 1 unspecified atom stereocenters. The fraction of sp³-hybridized carbons (Fsp3) is 0.923. The van der Waals surface area contributed by atoms with Crippen molar-refractivity contribution in [2.75, 3.05) is 33.7 Å². The van der Waals surface area contributed by atoms with Gasteiger partial charge in [0.2, 0.25) is 5.91 Å².